The lowest BCUT2D eigenvalue weighted by Gasteiger charge is -2.07. The molecule has 1 aliphatic rings. The third-order valence-corrected chi connectivity index (χ3v) is 1.98. The van der Waals surface area contributed by atoms with Gasteiger partial charge in [0.2, 0.25) is 0 Å². The van der Waals surface area contributed by atoms with Crippen LogP contribution < -0.4 is 5.32 Å². The van der Waals surface area contributed by atoms with E-state index in [1.807, 2.05) is 5.32 Å². The number of esters is 1. The van der Waals surface area contributed by atoms with Gasteiger partial charge in [-0.3, -0.25) is 0 Å². The van der Waals surface area contributed by atoms with Crippen molar-refractivity contribution in [1.82, 2.24) is 5.32 Å². The highest BCUT2D eigenvalue weighted by atomic mass is 19.1. The second-order valence-corrected chi connectivity index (χ2v) is 2.92. The summed E-state index contributed by atoms with van der Waals surface area (Å²) in [4.78, 5) is 21.7. The number of hydrogen-bond acceptors (Lipinski definition) is 3. The highest BCUT2D eigenvalue weighted by molar-refractivity contribution is 5.96. The number of benzene rings is 1. The molecule has 1 unspecified atom stereocenters. The van der Waals surface area contributed by atoms with Crippen molar-refractivity contribution in [2.75, 3.05) is 0 Å². The summed E-state index contributed by atoms with van der Waals surface area (Å²) < 4.78 is 30.5. The smallest absolute Gasteiger partial charge is 0.374 e. The summed E-state index contributed by atoms with van der Waals surface area (Å²) in [6, 6.07) is 1.75. The Hall–Kier alpha value is -1.98. The Morgan fingerprint density at radius 2 is 1.80 bits per heavy atom. The molecule has 1 aromatic carbocycles. The number of alkyl carbamates (subject to hydrolysis) is 1. The monoisotopic (exact) mass is 213 g/mol. The number of carbonyl (C=O) groups is 2. The minimum Gasteiger partial charge on any atom is -0.374 e. The van der Waals surface area contributed by atoms with E-state index in [0.29, 0.717) is 0 Å². The molecule has 1 aliphatic heterocycles. The van der Waals surface area contributed by atoms with Gasteiger partial charge < -0.3 is 10.1 Å². The van der Waals surface area contributed by atoms with Crippen LogP contribution in [0.5, 0.6) is 0 Å². The second-order valence-electron chi connectivity index (χ2n) is 2.92. The number of ether oxygens (including phenoxy) is 1. The van der Waals surface area contributed by atoms with Crippen LogP contribution in [0.15, 0.2) is 18.2 Å². The molecule has 4 nitrogen and oxygen atoms in total. The number of cyclic esters (lactones) is 2. The molecule has 1 N–H and O–H groups in total. The highest BCUT2D eigenvalue weighted by Crippen LogP contribution is 2.24. The van der Waals surface area contributed by atoms with Crippen molar-refractivity contribution < 1.29 is 23.1 Å². The first kappa shape index (κ1) is 9.57. The zero-order valence-corrected chi connectivity index (χ0v) is 7.29. The summed E-state index contributed by atoms with van der Waals surface area (Å²) in [5, 5.41) is 2.01. The molecule has 1 aromatic rings. The lowest BCUT2D eigenvalue weighted by Crippen LogP contribution is -2.22. The van der Waals surface area contributed by atoms with Gasteiger partial charge in [-0.25, -0.2) is 18.4 Å². The minimum atomic E-state index is -1.40. The Morgan fingerprint density at radius 3 is 2.27 bits per heavy atom. The van der Waals surface area contributed by atoms with Crippen LogP contribution in [0.1, 0.15) is 11.6 Å². The quantitative estimate of drug-likeness (QED) is 0.564. The lowest BCUT2D eigenvalue weighted by molar-refractivity contribution is -0.135. The predicted octanol–water partition coefficient (Wildman–Crippen LogP) is 1.27. The molecule has 1 heterocycles. The van der Waals surface area contributed by atoms with Gasteiger partial charge in [0.05, 0.1) is 5.56 Å². The average molecular weight is 213 g/mol. The topological polar surface area (TPSA) is 55.4 Å². The molecule has 2 rings (SSSR count). The maximum atomic E-state index is 13.2. The van der Waals surface area contributed by atoms with E-state index in [0.717, 1.165) is 18.2 Å². The van der Waals surface area contributed by atoms with Crippen molar-refractivity contribution in [3.05, 3.63) is 35.4 Å². The van der Waals surface area contributed by atoms with E-state index in [2.05, 4.69) is 4.74 Å². The Kier molecular flexibility index (Phi) is 2.11. The van der Waals surface area contributed by atoms with Gasteiger partial charge in [-0.05, 0) is 12.1 Å². The molecule has 1 atom stereocenters. The summed E-state index contributed by atoms with van der Waals surface area (Å²) in [5.74, 6) is -2.82. The van der Waals surface area contributed by atoms with Crippen molar-refractivity contribution in [3.63, 3.8) is 0 Å². The van der Waals surface area contributed by atoms with Crippen LogP contribution in [0.3, 0.4) is 0 Å². The van der Waals surface area contributed by atoms with E-state index in [9.17, 15) is 18.4 Å². The molecular formula is C9H5F2NO3. The van der Waals surface area contributed by atoms with Crippen LogP contribution in [0.4, 0.5) is 13.6 Å². The van der Waals surface area contributed by atoms with Gasteiger partial charge in [-0.1, -0.05) is 6.07 Å². The van der Waals surface area contributed by atoms with E-state index in [4.69, 9.17) is 0 Å². The van der Waals surface area contributed by atoms with Crippen molar-refractivity contribution in [2.24, 2.45) is 0 Å². The van der Waals surface area contributed by atoms with Crippen LogP contribution in [-0.2, 0) is 9.53 Å². The highest BCUT2D eigenvalue weighted by Gasteiger charge is 2.37. The normalized spacial score (nSPS) is 20.0. The molecule has 0 spiro atoms. The standard InChI is InChI=1S/C9H5F2NO3/c10-4-2-1-3-5(11)6(4)7-8(13)15-9(14)12-7/h1-3,7H,(H,12,14). The molecule has 0 bridgehead atoms. The Labute approximate surface area is 82.8 Å². The zero-order valence-electron chi connectivity index (χ0n) is 7.29. The summed E-state index contributed by atoms with van der Waals surface area (Å²) in [6.07, 6.45) is -1.01. The molecule has 0 aromatic heterocycles. The van der Waals surface area contributed by atoms with E-state index >= 15 is 0 Å². The minimum absolute atomic E-state index is 0.506. The third kappa shape index (κ3) is 1.54. The molecule has 1 fully saturated rings. The van der Waals surface area contributed by atoms with Crippen LogP contribution in [0, 0.1) is 11.6 Å². The molecule has 0 radical (unpaired) electrons. The summed E-state index contributed by atoms with van der Waals surface area (Å²) in [7, 11) is 0. The fraction of sp³-hybridized carbons (Fsp3) is 0.111. The maximum Gasteiger partial charge on any atom is 0.415 e. The SMILES string of the molecule is O=C1NC(c2c(F)cccc2F)C(=O)O1. The predicted molar refractivity (Wildman–Crippen MR) is 43.7 cm³/mol. The van der Waals surface area contributed by atoms with Gasteiger partial charge in [-0.2, -0.15) is 0 Å². The summed E-state index contributed by atoms with van der Waals surface area (Å²) in [5.41, 5.74) is -0.506. The second kappa shape index (κ2) is 3.30. The number of rotatable bonds is 1. The van der Waals surface area contributed by atoms with Crippen molar-refractivity contribution in [2.45, 2.75) is 6.04 Å². The number of carbonyl (C=O) groups excluding carboxylic acids is 2. The molecule has 1 saturated heterocycles. The Bertz CT molecular complexity index is 427. The van der Waals surface area contributed by atoms with E-state index in [1.54, 1.807) is 0 Å². The van der Waals surface area contributed by atoms with Gasteiger partial charge in [0.15, 0.2) is 6.04 Å². The van der Waals surface area contributed by atoms with Gasteiger partial charge in [0.1, 0.15) is 11.6 Å². The Balaban J connectivity index is 2.46. The van der Waals surface area contributed by atoms with Crippen LogP contribution in [0.25, 0.3) is 0 Å². The maximum absolute atomic E-state index is 13.2. The first-order valence-electron chi connectivity index (χ1n) is 4.05. The fourth-order valence-corrected chi connectivity index (χ4v) is 1.33. The van der Waals surface area contributed by atoms with Crippen molar-refractivity contribution >= 4 is 12.1 Å². The molecule has 15 heavy (non-hydrogen) atoms. The fourth-order valence-electron chi connectivity index (χ4n) is 1.33. The van der Waals surface area contributed by atoms with E-state index in [-0.39, 0.29) is 0 Å². The average Bonchev–Trinajstić information content (AvgIpc) is 2.45. The van der Waals surface area contributed by atoms with Gasteiger partial charge in [-0.15, -0.1) is 0 Å². The third-order valence-electron chi connectivity index (χ3n) is 1.98. The molecule has 78 valence electrons. The zero-order chi connectivity index (χ0) is 11.0. The van der Waals surface area contributed by atoms with Crippen LogP contribution >= 0.6 is 0 Å². The number of amides is 1. The van der Waals surface area contributed by atoms with Gasteiger partial charge in [0, 0.05) is 0 Å². The molecule has 0 aliphatic carbocycles. The first-order valence-corrected chi connectivity index (χ1v) is 4.05. The van der Waals surface area contributed by atoms with E-state index < -0.39 is 35.3 Å². The number of hydrogen-bond donors (Lipinski definition) is 1. The Morgan fingerprint density at radius 1 is 1.20 bits per heavy atom. The summed E-state index contributed by atoms with van der Waals surface area (Å²) >= 11 is 0. The largest absolute Gasteiger partial charge is 0.415 e. The van der Waals surface area contributed by atoms with E-state index in [1.165, 1.54) is 0 Å². The van der Waals surface area contributed by atoms with Crippen molar-refractivity contribution in [1.29, 1.82) is 0 Å². The number of halogens is 2. The molecular weight excluding hydrogens is 208 g/mol. The molecule has 6 heteroatoms. The summed E-state index contributed by atoms with van der Waals surface area (Å²) in [6.45, 7) is 0. The van der Waals surface area contributed by atoms with Gasteiger partial charge >= 0.3 is 12.1 Å². The number of nitrogens with one attached hydrogen (secondary N) is 1. The molecule has 1 amide bonds. The van der Waals surface area contributed by atoms with Gasteiger partial charge in [0.25, 0.3) is 0 Å². The van der Waals surface area contributed by atoms with Crippen LogP contribution in [0.2, 0.25) is 0 Å². The van der Waals surface area contributed by atoms with Crippen molar-refractivity contribution in [3.8, 4) is 0 Å². The lowest BCUT2D eigenvalue weighted by atomic mass is 10.1. The first-order chi connectivity index (χ1) is 7.09. The molecule has 0 saturated carbocycles. The van der Waals surface area contributed by atoms with Crippen LogP contribution in [-0.4, -0.2) is 12.1 Å².